The first kappa shape index (κ1) is 12.8. The Morgan fingerprint density at radius 3 is 2.90 bits per heavy atom. The van der Waals surface area contributed by atoms with Gasteiger partial charge in [0.25, 0.3) is 5.56 Å². The van der Waals surface area contributed by atoms with Crippen molar-refractivity contribution in [2.45, 2.75) is 32.1 Å². The number of H-pyrrole nitrogens is 1. The molecule has 0 aliphatic heterocycles. The number of aromatic amines is 1. The zero-order valence-electron chi connectivity index (χ0n) is 11.8. The fourth-order valence-corrected chi connectivity index (χ4v) is 4.56. The van der Waals surface area contributed by atoms with E-state index in [1.165, 1.54) is 23.3 Å². The molecule has 3 nitrogen and oxygen atoms in total. The van der Waals surface area contributed by atoms with Gasteiger partial charge in [-0.3, -0.25) is 4.79 Å². The van der Waals surface area contributed by atoms with Gasteiger partial charge in [-0.1, -0.05) is 37.3 Å². The lowest BCUT2D eigenvalue weighted by atomic mass is 9.88. The summed E-state index contributed by atoms with van der Waals surface area (Å²) in [6, 6.07) is 9.83. The maximum Gasteiger partial charge on any atom is 0.260 e. The van der Waals surface area contributed by atoms with Crippen LogP contribution in [0.3, 0.4) is 0 Å². The third-order valence-electron chi connectivity index (χ3n) is 4.26. The maximum atomic E-state index is 12.6. The SMILES string of the molecule is CC1CCCc2sc3nc(-c4ccccc4)[nH]c(=O)c3c21. The Balaban J connectivity index is 1.98. The smallest absolute Gasteiger partial charge is 0.260 e. The molecule has 0 radical (unpaired) electrons. The van der Waals surface area contributed by atoms with Crippen LogP contribution >= 0.6 is 11.3 Å². The number of hydrogen-bond acceptors (Lipinski definition) is 3. The molecule has 0 amide bonds. The minimum atomic E-state index is 0.00473. The molecule has 1 aliphatic rings. The van der Waals surface area contributed by atoms with Gasteiger partial charge in [0.15, 0.2) is 0 Å². The van der Waals surface area contributed by atoms with E-state index in [1.54, 1.807) is 11.3 Å². The van der Waals surface area contributed by atoms with Crippen molar-refractivity contribution in [1.29, 1.82) is 0 Å². The molecule has 1 atom stereocenters. The van der Waals surface area contributed by atoms with E-state index in [0.29, 0.717) is 11.7 Å². The topological polar surface area (TPSA) is 45.8 Å². The highest BCUT2D eigenvalue weighted by atomic mass is 32.1. The molecule has 2 heterocycles. The van der Waals surface area contributed by atoms with Crippen molar-refractivity contribution < 1.29 is 0 Å². The van der Waals surface area contributed by atoms with Crippen molar-refractivity contribution in [1.82, 2.24) is 9.97 Å². The van der Waals surface area contributed by atoms with Crippen molar-refractivity contribution in [3.05, 3.63) is 51.1 Å². The van der Waals surface area contributed by atoms with Gasteiger partial charge in [-0.2, -0.15) is 0 Å². The highest BCUT2D eigenvalue weighted by molar-refractivity contribution is 7.18. The molecule has 21 heavy (non-hydrogen) atoms. The summed E-state index contributed by atoms with van der Waals surface area (Å²) in [5.74, 6) is 1.13. The van der Waals surface area contributed by atoms with Gasteiger partial charge in [-0.05, 0) is 30.7 Å². The maximum absolute atomic E-state index is 12.6. The minimum Gasteiger partial charge on any atom is -0.306 e. The Morgan fingerprint density at radius 2 is 2.10 bits per heavy atom. The molecule has 106 valence electrons. The minimum absolute atomic E-state index is 0.00473. The van der Waals surface area contributed by atoms with E-state index in [2.05, 4.69) is 11.9 Å². The average molecular weight is 296 g/mol. The van der Waals surface area contributed by atoms with Crippen molar-refractivity contribution in [2.75, 3.05) is 0 Å². The largest absolute Gasteiger partial charge is 0.306 e. The highest BCUT2D eigenvalue weighted by Gasteiger charge is 2.24. The van der Waals surface area contributed by atoms with E-state index in [0.717, 1.165) is 22.2 Å². The summed E-state index contributed by atoms with van der Waals surface area (Å²) in [5, 5.41) is 0.821. The van der Waals surface area contributed by atoms with Crippen molar-refractivity contribution in [3.63, 3.8) is 0 Å². The molecular weight excluding hydrogens is 280 g/mol. The van der Waals surface area contributed by atoms with Crippen LogP contribution in [0.25, 0.3) is 21.6 Å². The third kappa shape index (κ3) is 2.02. The van der Waals surface area contributed by atoms with Crippen LogP contribution in [0.4, 0.5) is 0 Å². The van der Waals surface area contributed by atoms with Crippen LogP contribution in [0.5, 0.6) is 0 Å². The van der Waals surface area contributed by atoms with Gasteiger partial charge in [-0.15, -0.1) is 11.3 Å². The van der Waals surface area contributed by atoms with Crippen molar-refractivity contribution >= 4 is 21.6 Å². The third-order valence-corrected chi connectivity index (χ3v) is 5.42. The molecule has 1 unspecified atom stereocenters. The zero-order chi connectivity index (χ0) is 14.4. The lowest BCUT2D eigenvalue weighted by Crippen LogP contribution is -2.12. The fourth-order valence-electron chi connectivity index (χ4n) is 3.23. The Kier molecular flexibility index (Phi) is 2.93. The number of nitrogens with one attached hydrogen (secondary N) is 1. The molecule has 4 heteroatoms. The van der Waals surface area contributed by atoms with Gasteiger partial charge < -0.3 is 4.98 Å². The number of rotatable bonds is 1. The number of fused-ring (bicyclic) bond motifs is 3. The fraction of sp³-hybridized carbons (Fsp3) is 0.294. The molecule has 1 aromatic carbocycles. The van der Waals surface area contributed by atoms with Crippen LogP contribution in [0.15, 0.2) is 35.1 Å². The van der Waals surface area contributed by atoms with E-state index in [1.807, 2.05) is 30.3 Å². The van der Waals surface area contributed by atoms with E-state index in [-0.39, 0.29) is 5.56 Å². The van der Waals surface area contributed by atoms with Crippen molar-refractivity contribution in [3.8, 4) is 11.4 Å². The van der Waals surface area contributed by atoms with E-state index in [4.69, 9.17) is 4.98 Å². The van der Waals surface area contributed by atoms with Gasteiger partial charge in [0.2, 0.25) is 0 Å². The summed E-state index contributed by atoms with van der Waals surface area (Å²) in [6.45, 7) is 2.22. The Labute approximate surface area is 126 Å². The predicted molar refractivity (Wildman–Crippen MR) is 87.0 cm³/mol. The van der Waals surface area contributed by atoms with Crippen LogP contribution in [-0.4, -0.2) is 9.97 Å². The van der Waals surface area contributed by atoms with E-state index >= 15 is 0 Å². The Hall–Kier alpha value is -1.94. The molecule has 0 fully saturated rings. The van der Waals surface area contributed by atoms with Gasteiger partial charge in [0.1, 0.15) is 10.7 Å². The number of aromatic nitrogens is 2. The highest BCUT2D eigenvalue weighted by Crippen LogP contribution is 2.40. The summed E-state index contributed by atoms with van der Waals surface area (Å²) in [5.41, 5.74) is 2.20. The molecule has 4 rings (SSSR count). The summed E-state index contributed by atoms with van der Waals surface area (Å²) >= 11 is 1.70. The second-order valence-electron chi connectivity index (χ2n) is 5.69. The summed E-state index contributed by atoms with van der Waals surface area (Å²) in [6.07, 6.45) is 3.46. The number of nitrogens with zero attached hydrogens (tertiary/aromatic N) is 1. The predicted octanol–water partition coefficient (Wildman–Crippen LogP) is 4.09. The summed E-state index contributed by atoms with van der Waals surface area (Å²) < 4.78 is 0. The molecule has 1 aliphatic carbocycles. The van der Waals surface area contributed by atoms with Crippen LogP contribution in [-0.2, 0) is 6.42 Å². The monoisotopic (exact) mass is 296 g/mol. The van der Waals surface area contributed by atoms with Gasteiger partial charge in [0, 0.05) is 10.4 Å². The van der Waals surface area contributed by atoms with Crippen LogP contribution in [0.1, 0.15) is 36.1 Å². The molecule has 0 saturated heterocycles. The van der Waals surface area contributed by atoms with Gasteiger partial charge >= 0.3 is 0 Å². The first-order valence-corrected chi connectivity index (χ1v) is 8.16. The van der Waals surface area contributed by atoms with Crippen LogP contribution < -0.4 is 5.56 Å². The van der Waals surface area contributed by atoms with Crippen LogP contribution in [0, 0.1) is 0 Å². The standard InChI is InChI=1S/C17H16N2OS/c1-10-6-5-9-12-13(10)14-16(20)18-15(19-17(14)21-12)11-7-3-2-4-8-11/h2-4,7-8,10H,5-6,9H2,1H3,(H,18,19,20). The second kappa shape index (κ2) is 4.81. The zero-order valence-corrected chi connectivity index (χ0v) is 12.7. The number of hydrogen-bond donors (Lipinski definition) is 1. The molecule has 1 N–H and O–H groups in total. The first-order valence-electron chi connectivity index (χ1n) is 7.35. The van der Waals surface area contributed by atoms with E-state index < -0.39 is 0 Å². The molecule has 0 bridgehead atoms. The van der Waals surface area contributed by atoms with Crippen molar-refractivity contribution in [2.24, 2.45) is 0 Å². The number of aryl methyl sites for hydroxylation is 1. The summed E-state index contributed by atoms with van der Waals surface area (Å²) in [7, 11) is 0. The average Bonchev–Trinajstić information content (AvgIpc) is 2.88. The molecule has 3 aromatic rings. The molecular formula is C17H16N2OS. The Bertz CT molecular complexity index is 864. The lowest BCUT2D eigenvalue weighted by molar-refractivity contribution is 0.601. The van der Waals surface area contributed by atoms with Crippen LogP contribution in [0.2, 0.25) is 0 Å². The van der Waals surface area contributed by atoms with Gasteiger partial charge in [0.05, 0.1) is 5.39 Å². The molecule has 2 aromatic heterocycles. The Morgan fingerprint density at radius 1 is 1.29 bits per heavy atom. The first-order chi connectivity index (χ1) is 10.2. The van der Waals surface area contributed by atoms with Gasteiger partial charge in [-0.25, -0.2) is 4.98 Å². The quantitative estimate of drug-likeness (QED) is 0.735. The lowest BCUT2D eigenvalue weighted by Gasteiger charge is -2.18. The van der Waals surface area contributed by atoms with E-state index in [9.17, 15) is 4.79 Å². The molecule has 0 saturated carbocycles. The second-order valence-corrected chi connectivity index (χ2v) is 6.78. The number of thiophene rings is 1. The normalized spacial score (nSPS) is 17.9. The number of benzene rings is 1. The molecule has 0 spiro atoms. The summed E-state index contributed by atoms with van der Waals surface area (Å²) in [4.78, 5) is 22.5.